The molecule has 0 spiro atoms. The summed E-state index contributed by atoms with van der Waals surface area (Å²) in [5.74, 6) is 0.503. The predicted octanol–water partition coefficient (Wildman–Crippen LogP) is 2.17. The fourth-order valence-electron chi connectivity index (χ4n) is 1.51. The summed E-state index contributed by atoms with van der Waals surface area (Å²) in [6.45, 7) is 3.65. The maximum Gasteiger partial charge on any atom is 0.216 e. The van der Waals surface area contributed by atoms with Crippen molar-refractivity contribution in [2.24, 2.45) is 5.92 Å². The SMILES string of the molecule is CC(=O)NCCSC(=O)[C@@H](C)[C@H](O)CSc1ccccc1. The molecule has 0 aliphatic rings. The van der Waals surface area contributed by atoms with Gasteiger partial charge in [-0.15, -0.1) is 11.8 Å². The average Bonchev–Trinajstić information content (AvgIpc) is 2.49. The molecule has 0 saturated heterocycles. The van der Waals surface area contributed by atoms with E-state index < -0.39 is 12.0 Å². The Labute approximate surface area is 134 Å². The number of aliphatic hydroxyl groups excluding tert-OH is 1. The Morgan fingerprint density at radius 2 is 1.95 bits per heavy atom. The Balaban J connectivity index is 2.27. The lowest BCUT2D eigenvalue weighted by molar-refractivity contribution is -0.119. The van der Waals surface area contributed by atoms with Crippen LogP contribution in [0.1, 0.15) is 13.8 Å². The van der Waals surface area contributed by atoms with Gasteiger partial charge >= 0.3 is 0 Å². The molecule has 1 aromatic carbocycles. The highest BCUT2D eigenvalue weighted by atomic mass is 32.2. The van der Waals surface area contributed by atoms with E-state index in [-0.39, 0.29) is 11.0 Å². The molecule has 2 atom stereocenters. The van der Waals surface area contributed by atoms with E-state index >= 15 is 0 Å². The number of hydrogen-bond donors (Lipinski definition) is 2. The van der Waals surface area contributed by atoms with Gasteiger partial charge in [0.15, 0.2) is 5.12 Å². The first-order chi connectivity index (χ1) is 10.0. The number of rotatable bonds is 8. The zero-order valence-corrected chi connectivity index (χ0v) is 13.9. The van der Waals surface area contributed by atoms with E-state index in [1.807, 2.05) is 30.3 Å². The summed E-state index contributed by atoms with van der Waals surface area (Å²) in [6, 6.07) is 9.79. The number of nitrogens with one attached hydrogen (secondary N) is 1. The Bertz CT molecular complexity index is 453. The molecule has 0 radical (unpaired) electrons. The molecule has 21 heavy (non-hydrogen) atoms. The Kier molecular flexibility index (Phi) is 8.49. The largest absolute Gasteiger partial charge is 0.391 e. The Hall–Kier alpha value is -0.980. The monoisotopic (exact) mass is 327 g/mol. The maximum atomic E-state index is 11.9. The number of aliphatic hydroxyl groups is 1. The molecule has 0 fully saturated rings. The van der Waals surface area contributed by atoms with Crippen LogP contribution in [0.4, 0.5) is 0 Å². The van der Waals surface area contributed by atoms with Crippen LogP contribution >= 0.6 is 23.5 Å². The molecule has 116 valence electrons. The minimum Gasteiger partial charge on any atom is -0.391 e. The second-order valence-corrected chi connectivity index (χ2v) is 6.82. The number of thioether (sulfide) groups is 2. The van der Waals surface area contributed by atoms with Gasteiger partial charge in [-0.25, -0.2) is 0 Å². The van der Waals surface area contributed by atoms with E-state index in [2.05, 4.69) is 5.32 Å². The summed E-state index contributed by atoms with van der Waals surface area (Å²) in [7, 11) is 0. The van der Waals surface area contributed by atoms with Crippen LogP contribution in [0, 0.1) is 5.92 Å². The fourth-order valence-corrected chi connectivity index (χ4v) is 3.34. The number of carbonyl (C=O) groups is 2. The van der Waals surface area contributed by atoms with E-state index in [0.29, 0.717) is 18.1 Å². The van der Waals surface area contributed by atoms with Gasteiger partial charge in [0.05, 0.1) is 12.0 Å². The second kappa shape index (κ2) is 9.87. The predicted molar refractivity (Wildman–Crippen MR) is 88.5 cm³/mol. The van der Waals surface area contributed by atoms with Crippen molar-refractivity contribution in [2.75, 3.05) is 18.1 Å². The first kappa shape index (κ1) is 18.1. The smallest absolute Gasteiger partial charge is 0.216 e. The molecular weight excluding hydrogens is 306 g/mol. The minimum absolute atomic E-state index is 0.0403. The van der Waals surface area contributed by atoms with Crippen molar-refractivity contribution >= 4 is 34.5 Å². The van der Waals surface area contributed by atoms with E-state index in [1.54, 1.807) is 6.92 Å². The number of amides is 1. The zero-order valence-electron chi connectivity index (χ0n) is 12.2. The molecule has 0 aliphatic carbocycles. The molecule has 1 aromatic rings. The normalized spacial score (nSPS) is 13.5. The van der Waals surface area contributed by atoms with Gasteiger partial charge in [-0.05, 0) is 12.1 Å². The summed E-state index contributed by atoms with van der Waals surface area (Å²) in [4.78, 5) is 23.7. The molecule has 0 heterocycles. The zero-order chi connectivity index (χ0) is 15.7. The number of benzene rings is 1. The van der Waals surface area contributed by atoms with E-state index in [0.717, 1.165) is 16.7 Å². The molecule has 1 amide bonds. The molecule has 1 rings (SSSR count). The molecule has 6 heteroatoms. The van der Waals surface area contributed by atoms with Crippen LogP contribution in [-0.2, 0) is 9.59 Å². The summed E-state index contributed by atoms with van der Waals surface area (Å²) in [5.41, 5.74) is 0. The van der Waals surface area contributed by atoms with Crippen LogP contribution < -0.4 is 5.32 Å². The highest BCUT2D eigenvalue weighted by molar-refractivity contribution is 8.13. The topological polar surface area (TPSA) is 66.4 Å². The fraction of sp³-hybridized carbons (Fsp3) is 0.467. The number of carbonyl (C=O) groups excluding carboxylic acids is 2. The summed E-state index contributed by atoms with van der Waals surface area (Å²) < 4.78 is 0. The van der Waals surface area contributed by atoms with Crippen LogP contribution in [0.2, 0.25) is 0 Å². The van der Waals surface area contributed by atoms with Gasteiger partial charge in [0, 0.05) is 29.9 Å². The van der Waals surface area contributed by atoms with Crippen molar-refractivity contribution in [1.29, 1.82) is 0 Å². The minimum atomic E-state index is -0.670. The summed E-state index contributed by atoms with van der Waals surface area (Å²) in [5, 5.41) is 12.7. The van der Waals surface area contributed by atoms with E-state index in [1.165, 1.54) is 18.7 Å². The molecule has 2 N–H and O–H groups in total. The van der Waals surface area contributed by atoms with Crippen LogP contribution in [-0.4, -0.2) is 40.3 Å². The van der Waals surface area contributed by atoms with Crippen LogP contribution in [0.15, 0.2) is 35.2 Å². The van der Waals surface area contributed by atoms with Gasteiger partial charge in [0.1, 0.15) is 0 Å². The van der Waals surface area contributed by atoms with Gasteiger partial charge in [0.2, 0.25) is 5.91 Å². The van der Waals surface area contributed by atoms with Crippen molar-refractivity contribution in [1.82, 2.24) is 5.32 Å². The quantitative estimate of drug-likeness (QED) is 0.566. The summed E-state index contributed by atoms with van der Waals surface area (Å²) in [6.07, 6.45) is -0.670. The lowest BCUT2D eigenvalue weighted by Gasteiger charge is -2.17. The van der Waals surface area contributed by atoms with E-state index in [9.17, 15) is 14.7 Å². The van der Waals surface area contributed by atoms with Crippen molar-refractivity contribution in [3.05, 3.63) is 30.3 Å². The van der Waals surface area contributed by atoms with Crippen molar-refractivity contribution < 1.29 is 14.7 Å². The molecule has 0 saturated carbocycles. The van der Waals surface area contributed by atoms with Crippen LogP contribution in [0.3, 0.4) is 0 Å². The third kappa shape index (κ3) is 7.55. The molecule has 0 bridgehead atoms. The lowest BCUT2D eigenvalue weighted by Crippen LogP contribution is -2.27. The van der Waals surface area contributed by atoms with Gasteiger partial charge in [-0.2, -0.15) is 0 Å². The van der Waals surface area contributed by atoms with Crippen LogP contribution in [0.25, 0.3) is 0 Å². The third-order valence-corrected chi connectivity index (χ3v) is 5.01. The number of hydrogen-bond acceptors (Lipinski definition) is 5. The maximum absolute atomic E-state index is 11.9. The first-order valence-corrected chi connectivity index (χ1v) is 8.75. The molecule has 0 aromatic heterocycles. The van der Waals surface area contributed by atoms with Gasteiger partial charge in [0.25, 0.3) is 0 Å². The highest BCUT2D eigenvalue weighted by Crippen LogP contribution is 2.22. The standard InChI is InChI=1S/C15H21NO3S2/c1-11(15(19)20-9-8-16-12(2)17)14(18)10-21-13-6-4-3-5-7-13/h3-7,11,14,18H,8-10H2,1-2H3,(H,16,17)/t11-,14+/m0/s1. The van der Waals surface area contributed by atoms with Gasteiger partial charge < -0.3 is 10.4 Å². The average molecular weight is 327 g/mol. The second-order valence-electron chi connectivity index (χ2n) is 4.63. The lowest BCUT2D eigenvalue weighted by atomic mass is 10.1. The third-order valence-electron chi connectivity index (χ3n) is 2.83. The van der Waals surface area contributed by atoms with Crippen molar-refractivity contribution in [3.63, 3.8) is 0 Å². The molecular formula is C15H21NO3S2. The van der Waals surface area contributed by atoms with Crippen molar-refractivity contribution in [2.45, 2.75) is 24.8 Å². The van der Waals surface area contributed by atoms with E-state index in [4.69, 9.17) is 0 Å². The van der Waals surface area contributed by atoms with Crippen molar-refractivity contribution in [3.8, 4) is 0 Å². The molecule has 4 nitrogen and oxygen atoms in total. The highest BCUT2D eigenvalue weighted by Gasteiger charge is 2.22. The molecule has 0 unspecified atom stereocenters. The Morgan fingerprint density at radius 1 is 1.29 bits per heavy atom. The van der Waals surface area contributed by atoms with Gasteiger partial charge in [-0.3, -0.25) is 9.59 Å². The van der Waals surface area contributed by atoms with Crippen LogP contribution in [0.5, 0.6) is 0 Å². The Morgan fingerprint density at radius 3 is 2.57 bits per heavy atom. The van der Waals surface area contributed by atoms with Gasteiger partial charge in [-0.1, -0.05) is 36.9 Å². The summed E-state index contributed by atoms with van der Waals surface area (Å²) >= 11 is 2.69. The molecule has 0 aliphatic heterocycles. The first-order valence-electron chi connectivity index (χ1n) is 6.77.